The molecule has 2 rings (SSSR count). The van der Waals surface area contributed by atoms with Gasteiger partial charge >= 0.3 is 12.1 Å². The van der Waals surface area contributed by atoms with Crippen LogP contribution in [0.2, 0.25) is 0 Å². The van der Waals surface area contributed by atoms with Crippen LogP contribution in [0, 0.1) is 0 Å². The van der Waals surface area contributed by atoms with E-state index in [0.717, 1.165) is 15.4 Å². The second-order valence-electron chi connectivity index (χ2n) is 4.09. The van der Waals surface area contributed by atoms with Gasteiger partial charge in [-0.05, 0) is 15.9 Å². The van der Waals surface area contributed by atoms with Crippen molar-refractivity contribution in [2.24, 2.45) is 7.05 Å². The molecule has 2 aromatic rings. The Balaban J connectivity index is 2.70. The lowest BCUT2D eigenvalue weighted by Crippen LogP contribution is -2.34. The standard InChI is InChI=1S/C11H8BrF5N4/c1-3-7-8(10(13,14)11(15,16)17)19-20(2)9(7)21-5-6(12)4-18-21/h3-5H,1H2,2H3. The van der Waals surface area contributed by atoms with Crippen LogP contribution in [0.3, 0.4) is 0 Å². The zero-order valence-corrected chi connectivity index (χ0v) is 12.1. The zero-order chi connectivity index (χ0) is 16.0. The largest absolute Gasteiger partial charge is 0.459 e. The Kier molecular flexibility index (Phi) is 3.68. The second-order valence-corrected chi connectivity index (χ2v) is 5.00. The van der Waals surface area contributed by atoms with Crippen molar-refractivity contribution in [3.05, 3.63) is 34.7 Å². The van der Waals surface area contributed by atoms with Crippen LogP contribution in [0.4, 0.5) is 22.0 Å². The van der Waals surface area contributed by atoms with Gasteiger partial charge in [0.1, 0.15) is 0 Å². The van der Waals surface area contributed by atoms with E-state index in [4.69, 9.17) is 0 Å². The van der Waals surface area contributed by atoms with Gasteiger partial charge in [0, 0.05) is 18.8 Å². The molecule has 2 heterocycles. The van der Waals surface area contributed by atoms with Crippen molar-refractivity contribution in [3.8, 4) is 5.82 Å². The molecule has 114 valence electrons. The molecule has 0 aliphatic carbocycles. The van der Waals surface area contributed by atoms with E-state index in [2.05, 4.69) is 32.7 Å². The highest BCUT2D eigenvalue weighted by Crippen LogP contribution is 2.45. The minimum Gasteiger partial charge on any atom is -0.250 e. The van der Waals surface area contributed by atoms with E-state index in [-0.39, 0.29) is 5.82 Å². The lowest BCUT2D eigenvalue weighted by Gasteiger charge is -2.18. The third-order valence-corrected chi connectivity index (χ3v) is 3.09. The second kappa shape index (κ2) is 4.93. The van der Waals surface area contributed by atoms with Crippen LogP contribution in [-0.2, 0) is 13.0 Å². The molecule has 21 heavy (non-hydrogen) atoms. The summed E-state index contributed by atoms with van der Waals surface area (Å²) in [5.41, 5.74) is -1.84. The summed E-state index contributed by atoms with van der Waals surface area (Å²) in [6.07, 6.45) is -2.09. The molecule has 4 nitrogen and oxygen atoms in total. The molecule has 0 aromatic carbocycles. The molecule has 0 bridgehead atoms. The van der Waals surface area contributed by atoms with Gasteiger partial charge in [-0.3, -0.25) is 0 Å². The van der Waals surface area contributed by atoms with Crippen LogP contribution in [0.5, 0.6) is 0 Å². The minimum atomic E-state index is -5.75. The number of alkyl halides is 5. The van der Waals surface area contributed by atoms with Gasteiger partial charge in [-0.15, -0.1) is 0 Å². The molecule has 0 aliphatic rings. The van der Waals surface area contributed by atoms with Gasteiger partial charge in [-0.2, -0.15) is 32.1 Å². The molecule has 0 aliphatic heterocycles. The lowest BCUT2D eigenvalue weighted by atomic mass is 10.1. The molecule has 0 amide bonds. The molecule has 0 unspecified atom stereocenters. The zero-order valence-electron chi connectivity index (χ0n) is 10.5. The Hall–Kier alpha value is -1.71. The molecule has 2 aromatic heterocycles. The summed E-state index contributed by atoms with van der Waals surface area (Å²) in [6, 6.07) is 0. The van der Waals surface area contributed by atoms with E-state index in [9.17, 15) is 22.0 Å². The SMILES string of the molecule is C=Cc1c(C(F)(F)C(F)(F)F)nn(C)c1-n1cc(Br)cn1. The van der Waals surface area contributed by atoms with Crippen molar-refractivity contribution < 1.29 is 22.0 Å². The molecule has 0 saturated heterocycles. The summed E-state index contributed by atoms with van der Waals surface area (Å²) < 4.78 is 67.2. The normalized spacial score (nSPS) is 12.7. The molecule has 10 heteroatoms. The van der Waals surface area contributed by atoms with Crippen molar-refractivity contribution in [2.75, 3.05) is 0 Å². The molecular weight excluding hydrogens is 363 g/mol. The van der Waals surface area contributed by atoms with Crippen molar-refractivity contribution >= 4 is 22.0 Å². The van der Waals surface area contributed by atoms with Crippen molar-refractivity contribution in [1.29, 1.82) is 0 Å². The summed E-state index contributed by atoms with van der Waals surface area (Å²) in [5, 5.41) is 7.15. The maximum Gasteiger partial charge on any atom is 0.459 e. The Morgan fingerprint density at radius 2 is 1.90 bits per heavy atom. The summed E-state index contributed by atoms with van der Waals surface area (Å²) >= 11 is 3.11. The summed E-state index contributed by atoms with van der Waals surface area (Å²) in [7, 11) is 1.24. The van der Waals surface area contributed by atoms with E-state index < -0.39 is 23.4 Å². The monoisotopic (exact) mass is 370 g/mol. The smallest absolute Gasteiger partial charge is 0.250 e. The Bertz CT molecular complexity index is 685. The highest BCUT2D eigenvalue weighted by molar-refractivity contribution is 9.10. The van der Waals surface area contributed by atoms with Crippen molar-refractivity contribution in [2.45, 2.75) is 12.1 Å². The van der Waals surface area contributed by atoms with Crippen LogP contribution in [0.1, 0.15) is 11.3 Å². The van der Waals surface area contributed by atoms with Crippen LogP contribution in [0.25, 0.3) is 11.9 Å². The number of hydrogen-bond donors (Lipinski definition) is 0. The van der Waals surface area contributed by atoms with E-state index in [1.807, 2.05) is 0 Å². The highest BCUT2D eigenvalue weighted by Gasteiger charge is 2.61. The summed E-state index contributed by atoms with van der Waals surface area (Å²) in [6.45, 7) is 3.29. The molecular formula is C11H8BrF5N4. The van der Waals surface area contributed by atoms with E-state index in [0.29, 0.717) is 4.47 Å². The van der Waals surface area contributed by atoms with Gasteiger partial charge in [0.05, 0.1) is 10.7 Å². The average Bonchev–Trinajstić information content (AvgIpc) is 2.91. The molecule has 0 saturated carbocycles. The fourth-order valence-corrected chi connectivity index (χ4v) is 2.06. The van der Waals surface area contributed by atoms with Crippen LogP contribution < -0.4 is 0 Å². The fraction of sp³-hybridized carbons (Fsp3) is 0.273. The van der Waals surface area contributed by atoms with Gasteiger partial charge in [-0.1, -0.05) is 12.7 Å². The van der Waals surface area contributed by atoms with Gasteiger partial charge in [0.2, 0.25) is 0 Å². The predicted molar refractivity (Wildman–Crippen MR) is 68.1 cm³/mol. The maximum absolute atomic E-state index is 13.5. The summed E-state index contributed by atoms with van der Waals surface area (Å²) in [4.78, 5) is 0. The molecule has 0 spiro atoms. The van der Waals surface area contributed by atoms with E-state index in [1.54, 1.807) is 0 Å². The van der Waals surface area contributed by atoms with E-state index >= 15 is 0 Å². The fourth-order valence-electron chi connectivity index (χ4n) is 1.77. The quantitative estimate of drug-likeness (QED) is 0.772. The number of aryl methyl sites for hydroxylation is 1. The van der Waals surface area contributed by atoms with Crippen molar-refractivity contribution in [3.63, 3.8) is 0 Å². The first-order valence-electron chi connectivity index (χ1n) is 5.44. The average molecular weight is 371 g/mol. The van der Waals surface area contributed by atoms with Crippen molar-refractivity contribution in [1.82, 2.24) is 19.6 Å². The first kappa shape index (κ1) is 15.7. The van der Waals surface area contributed by atoms with Crippen LogP contribution >= 0.6 is 15.9 Å². The number of aromatic nitrogens is 4. The molecule has 0 atom stereocenters. The van der Waals surface area contributed by atoms with Gasteiger partial charge in [0.15, 0.2) is 11.5 Å². The van der Waals surface area contributed by atoms with E-state index in [1.165, 1.54) is 19.4 Å². The Labute approximate surface area is 124 Å². The number of rotatable bonds is 3. The number of nitrogens with zero attached hydrogens (tertiary/aromatic N) is 4. The first-order chi connectivity index (χ1) is 9.59. The predicted octanol–water partition coefficient (Wildman–Crippen LogP) is 3.67. The van der Waals surface area contributed by atoms with Crippen LogP contribution in [-0.4, -0.2) is 25.7 Å². The highest BCUT2D eigenvalue weighted by atomic mass is 79.9. The third kappa shape index (κ3) is 2.47. The molecule has 0 radical (unpaired) electrons. The van der Waals surface area contributed by atoms with Gasteiger partial charge < -0.3 is 0 Å². The first-order valence-corrected chi connectivity index (χ1v) is 6.24. The van der Waals surface area contributed by atoms with Gasteiger partial charge in [-0.25, -0.2) is 9.36 Å². The van der Waals surface area contributed by atoms with Crippen LogP contribution in [0.15, 0.2) is 23.4 Å². The topological polar surface area (TPSA) is 35.6 Å². The molecule has 0 N–H and O–H groups in total. The Morgan fingerprint density at radius 1 is 1.29 bits per heavy atom. The van der Waals surface area contributed by atoms with Gasteiger partial charge in [0.25, 0.3) is 0 Å². The minimum absolute atomic E-state index is 0.0466. The number of halogens is 6. The lowest BCUT2D eigenvalue weighted by molar-refractivity contribution is -0.291. The summed E-state index contributed by atoms with van der Waals surface area (Å²) in [5.74, 6) is -5.13. The third-order valence-electron chi connectivity index (χ3n) is 2.68. The maximum atomic E-state index is 13.5. The molecule has 0 fully saturated rings. The number of hydrogen-bond acceptors (Lipinski definition) is 2. The Morgan fingerprint density at radius 3 is 2.33 bits per heavy atom.